The van der Waals surface area contributed by atoms with E-state index in [4.69, 9.17) is 10.5 Å². The lowest BCUT2D eigenvalue weighted by Crippen LogP contribution is -2.64. The predicted octanol–water partition coefficient (Wildman–Crippen LogP) is 1.43. The summed E-state index contributed by atoms with van der Waals surface area (Å²) >= 11 is 0. The molecule has 100 valence electrons. The lowest BCUT2D eigenvalue weighted by molar-refractivity contribution is -0.141. The fourth-order valence-corrected chi connectivity index (χ4v) is 3.02. The van der Waals surface area contributed by atoms with Gasteiger partial charge in [0.25, 0.3) is 0 Å². The topological polar surface area (TPSA) is 64.4 Å². The second-order valence-corrected chi connectivity index (χ2v) is 5.20. The van der Waals surface area contributed by atoms with E-state index >= 15 is 0 Å². The molecular weight excluding hydrogens is 216 g/mol. The van der Waals surface area contributed by atoms with E-state index in [-0.39, 0.29) is 29.5 Å². The van der Waals surface area contributed by atoms with Crippen LogP contribution < -0.4 is 11.1 Å². The minimum atomic E-state index is -0.0778. The van der Waals surface area contributed by atoms with E-state index in [0.29, 0.717) is 6.42 Å². The third kappa shape index (κ3) is 2.80. The van der Waals surface area contributed by atoms with Crippen LogP contribution in [-0.4, -0.2) is 31.2 Å². The molecule has 1 aliphatic carbocycles. The minimum absolute atomic E-state index is 0.0610. The minimum Gasteiger partial charge on any atom is -0.381 e. The Labute approximate surface area is 104 Å². The Bertz CT molecular complexity index is 262. The summed E-state index contributed by atoms with van der Waals surface area (Å²) in [4.78, 5) is 11.7. The maximum Gasteiger partial charge on any atom is 0.221 e. The molecule has 3 unspecified atom stereocenters. The first-order chi connectivity index (χ1) is 8.00. The van der Waals surface area contributed by atoms with Gasteiger partial charge < -0.3 is 15.8 Å². The summed E-state index contributed by atoms with van der Waals surface area (Å²) in [5.41, 5.74) is 5.74. The molecule has 1 rings (SSSR count). The number of hydrogen-bond donors (Lipinski definition) is 2. The fraction of sp³-hybridized carbons (Fsp3) is 0.923. The normalized spacial score (nSPS) is 28.3. The number of nitrogens with two attached hydrogens (primary N) is 1. The van der Waals surface area contributed by atoms with Crippen LogP contribution in [0.5, 0.6) is 0 Å². The second kappa shape index (κ2) is 5.83. The standard InChI is InChI=1S/C13H26N2O2/c1-5-13(6-2)10(8-11(13)17-4)15-12(16)7-9(3)14/h9-11H,5-8,14H2,1-4H3,(H,15,16). The van der Waals surface area contributed by atoms with Crippen LogP contribution in [0.15, 0.2) is 0 Å². The highest BCUT2D eigenvalue weighted by atomic mass is 16.5. The molecule has 1 amide bonds. The quantitative estimate of drug-likeness (QED) is 0.740. The van der Waals surface area contributed by atoms with Crippen LogP contribution in [-0.2, 0) is 9.53 Å². The largest absolute Gasteiger partial charge is 0.381 e. The summed E-state index contributed by atoms with van der Waals surface area (Å²) in [7, 11) is 1.75. The van der Waals surface area contributed by atoms with Crippen molar-refractivity contribution in [2.24, 2.45) is 11.1 Å². The Hall–Kier alpha value is -0.610. The highest BCUT2D eigenvalue weighted by molar-refractivity contribution is 5.77. The average molecular weight is 242 g/mol. The Morgan fingerprint density at radius 3 is 2.53 bits per heavy atom. The van der Waals surface area contributed by atoms with Gasteiger partial charge in [-0.25, -0.2) is 0 Å². The van der Waals surface area contributed by atoms with Crippen LogP contribution >= 0.6 is 0 Å². The zero-order valence-electron chi connectivity index (χ0n) is 11.5. The summed E-state index contributed by atoms with van der Waals surface area (Å²) in [6.07, 6.45) is 3.66. The SMILES string of the molecule is CCC1(CC)C(NC(=O)CC(C)N)CC1OC. The lowest BCUT2D eigenvalue weighted by Gasteiger charge is -2.55. The molecule has 1 aliphatic rings. The highest BCUT2D eigenvalue weighted by Gasteiger charge is 2.53. The Balaban J connectivity index is 2.58. The summed E-state index contributed by atoms with van der Waals surface area (Å²) in [5, 5.41) is 3.11. The number of carbonyl (C=O) groups is 1. The first-order valence-electron chi connectivity index (χ1n) is 6.57. The van der Waals surface area contributed by atoms with Crippen LogP contribution in [0.1, 0.15) is 46.5 Å². The number of amides is 1. The molecule has 17 heavy (non-hydrogen) atoms. The van der Waals surface area contributed by atoms with Crippen molar-refractivity contribution in [2.75, 3.05) is 7.11 Å². The van der Waals surface area contributed by atoms with Crippen molar-refractivity contribution in [2.45, 2.75) is 64.6 Å². The Kier molecular flexibility index (Phi) is 4.95. The number of nitrogens with one attached hydrogen (secondary N) is 1. The average Bonchev–Trinajstić information content (AvgIpc) is 2.24. The van der Waals surface area contributed by atoms with Gasteiger partial charge in [0.15, 0.2) is 0 Å². The van der Waals surface area contributed by atoms with Crippen molar-refractivity contribution in [3.05, 3.63) is 0 Å². The summed E-state index contributed by atoms with van der Waals surface area (Å²) in [5.74, 6) is 0.0610. The maximum atomic E-state index is 11.7. The van der Waals surface area contributed by atoms with Gasteiger partial charge >= 0.3 is 0 Å². The smallest absolute Gasteiger partial charge is 0.221 e. The number of ether oxygens (including phenoxy) is 1. The third-order valence-electron chi connectivity index (χ3n) is 4.23. The molecule has 0 radical (unpaired) electrons. The summed E-state index contributed by atoms with van der Waals surface area (Å²) < 4.78 is 5.50. The molecule has 3 N–H and O–H groups in total. The van der Waals surface area contributed by atoms with Crippen LogP contribution in [0, 0.1) is 5.41 Å². The van der Waals surface area contributed by atoms with Gasteiger partial charge in [-0.1, -0.05) is 13.8 Å². The van der Waals surface area contributed by atoms with Gasteiger partial charge in [-0.15, -0.1) is 0 Å². The molecule has 0 aliphatic heterocycles. The van der Waals surface area contributed by atoms with Gasteiger partial charge in [0.05, 0.1) is 6.10 Å². The van der Waals surface area contributed by atoms with E-state index < -0.39 is 0 Å². The van der Waals surface area contributed by atoms with Gasteiger partial charge in [-0.05, 0) is 26.2 Å². The molecule has 3 atom stereocenters. The zero-order chi connectivity index (χ0) is 13.1. The first kappa shape index (κ1) is 14.5. The molecule has 4 heteroatoms. The van der Waals surface area contributed by atoms with Crippen LogP contribution in [0.25, 0.3) is 0 Å². The van der Waals surface area contributed by atoms with E-state index in [2.05, 4.69) is 19.2 Å². The van der Waals surface area contributed by atoms with Crippen molar-refractivity contribution in [1.29, 1.82) is 0 Å². The van der Waals surface area contributed by atoms with Gasteiger partial charge in [0.1, 0.15) is 0 Å². The van der Waals surface area contributed by atoms with Crippen LogP contribution in [0.4, 0.5) is 0 Å². The number of carbonyl (C=O) groups excluding carboxylic acids is 1. The molecular formula is C13H26N2O2. The van der Waals surface area contributed by atoms with Crippen LogP contribution in [0.3, 0.4) is 0 Å². The number of rotatable bonds is 6. The molecule has 0 aromatic rings. The Morgan fingerprint density at radius 2 is 2.12 bits per heavy atom. The van der Waals surface area contributed by atoms with Crippen LogP contribution in [0.2, 0.25) is 0 Å². The lowest BCUT2D eigenvalue weighted by atomic mass is 9.58. The van der Waals surface area contributed by atoms with Gasteiger partial charge in [-0.3, -0.25) is 4.79 Å². The molecule has 1 saturated carbocycles. The van der Waals surface area contributed by atoms with E-state index in [1.807, 2.05) is 6.92 Å². The number of methoxy groups -OCH3 is 1. The Morgan fingerprint density at radius 1 is 1.53 bits per heavy atom. The summed E-state index contributed by atoms with van der Waals surface area (Å²) in [6.45, 7) is 6.18. The predicted molar refractivity (Wildman–Crippen MR) is 68.6 cm³/mol. The molecule has 0 spiro atoms. The highest BCUT2D eigenvalue weighted by Crippen LogP contribution is 2.48. The van der Waals surface area contributed by atoms with Crippen molar-refractivity contribution in [3.8, 4) is 0 Å². The van der Waals surface area contributed by atoms with E-state index in [1.54, 1.807) is 7.11 Å². The molecule has 0 bridgehead atoms. The zero-order valence-corrected chi connectivity index (χ0v) is 11.5. The second-order valence-electron chi connectivity index (χ2n) is 5.20. The first-order valence-corrected chi connectivity index (χ1v) is 6.57. The van der Waals surface area contributed by atoms with Gasteiger partial charge in [0, 0.05) is 31.0 Å². The summed E-state index contributed by atoms with van der Waals surface area (Å²) in [6, 6.07) is 0.166. The monoisotopic (exact) mass is 242 g/mol. The molecule has 0 aromatic carbocycles. The molecule has 0 heterocycles. The van der Waals surface area contributed by atoms with Gasteiger partial charge in [0.2, 0.25) is 5.91 Å². The molecule has 4 nitrogen and oxygen atoms in total. The van der Waals surface area contributed by atoms with Crippen molar-refractivity contribution >= 4 is 5.91 Å². The maximum absolute atomic E-state index is 11.7. The molecule has 1 fully saturated rings. The third-order valence-corrected chi connectivity index (χ3v) is 4.23. The molecule has 0 aromatic heterocycles. The van der Waals surface area contributed by atoms with E-state index in [9.17, 15) is 4.79 Å². The fourth-order valence-electron chi connectivity index (χ4n) is 3.02. The van der Waals surface area contributed by atoms with Crippen molar-refractivity contribution < 1.29 is 9.53 Å². The van der Waals surface area contributed by atoms with Crippen molar-refractivity contribution in [1.82, 2.24) is 5.32 Å². The molecule has 0 saturated heterocycles. The van der Waals surface area contributed by atoms with Crippen molar-refractivity contribution in [3.63, 3.8) is 0 Å². The van der Waals surface area contributed by atoms with E-state index in [1.165, 1.54) is 0 Å². The van der Waals surface area contributed by atoms with E-state index in [0.717, 1.165) is 19.3 Å². The van der Waals surface area contributed by atoms with Gasteiger partial charge in [-0.2, -0.15) is 0 Å². The number of hydrogen-bond acceptors (Lipinski definition) is 3.